The first kappa shape index (κ1) is 19.4. The van der Waals surface area contributed by atoms with Gasteiger partial charge in [-0.05, 0) is 32.4 Å². The van der Waals surface area contributed by atoms with Crippen molar-refractivity contribution < 1.29 is 13.7 Å². The van der Waals surface area contributed by atoms with Gasteiger partial charge in [-0.25, -0.2) is 4.98 Å². The Labute approximate surface area is 170 Å². The molecular weight excluding hydrogens is 368 g/mol. The SMILES string of the molecule is Cc1noc(C)c1CC(=O)N1CCCN(Cc2coc(-c3ccccc3)n2)CC1. The van der Waals surface area contributed by atoms with Crippen LogP contribution in [0.1, 0.15) is 29.1 Å². The zero-order valence-electron chi connectivity index (χ0n) is 16.9. The van der Waals surface area contributed by atoms with Crippen LogP contribution in [0.25, 0.3) is 11.5 Å². The molecule has 0 bridgehead atoms. The summed E-state index contributed by atoms with van der Waals surface area (Å²) in [5, 5.41) is 3.95. The first-order chi connectivity index (χ1) is 14.1. The molecule has 0 aliphatic carbocycles. The number of nitrogens with zero attached hydrogens (tertiary/aromatic N) is 4. The van der Waals surface area contributed by atoms with E-state index in [1.165, 1.54) is 0 Å². The van der Waals surface area contributed by atoms with E-state index in [9.17, 15) is 4.79 Å². The van der Waals surface area contributed by atoms with Gasteiger partial charge in [0.2, 0.25) is 11.8 Å². The highest BCUT2D eigenvalue weighted by Crippen LogP contribution is 2.19. The summed E-state index contributed by atoms with van der Waals surface area (Å²) in [5.41, 5.74) is 3.60. The fourth-order valence-electron chi connectivity index (χ4n) is 3.72. The summed E-state index contributed by atoms with van der Waals surface area (Å²) >= 11 is 0. The van der Waals surface area contributed by atoms with Gasteiger partial charge in [-0.3, -0.25) is 9.69 Å². The Hall–Kier alpha value is -2.93. The maximum atomic E-state index is 12.8. The third-order valence-electron chi connectivity index (χ3n) is 5.41. The van der Waals surface area contributed by atoms with Crippen molar-refractivity contribution in [2.75, 3.05) is 26.2 Å². The molecule has 0 radical (unpaired) electrons. The van der Waals surface area contributed by atoms with Crippen molar-refractivity contribution in [3.05, 3.63) is 59.3 Å². The standard InChI is InChI=1S/C22H26N4O3/c1-16-20(17(2)29-24-16)13-21(27)26-10-6-9-25(11-12-26)14-19-15-28-22(23-19)18-7-4-3-5-8-18/h3-5,7-8,15H,6,9-14H2,1-2H3. The molecular formula is C22H26N4O3. The lowest BCUT2D eigenvalue weighted by Crippen LogP contribution is -2.36. The predicted octanol–water partition coefficient (Wildman–Crippen LogP) is 3.22. The summed E-state index contributed by atoms with van der Waals surface area (Å²) in [7, 11) is 0. The van der Waals surface area contributed by atoms with Crippen LogP contribution < -0.4 is 0 Å². The van der Waals surface area contributed by atoms with E-state index in [0.717, 1.165) is 60.9 Å². The molecule has 1 aliphatic rings. The minimum Gasteiger partial charge on any atom is -0.444 e. The molecule has 0 spiro atoms. The molecule has 152 valence electrons. The number of aryl methyl sites for hydroxylation is 2. The molecule has 1 amide bonds. The molecule has 1 fully saturated rings. The van der Waals surface area contributed by atoms with Gasteiger partial charge in [0.05, 0.1) is 17.8 Å². The van der Waals surface area contributed by atoms with Gasteiger partial charge in [-0.2, -0.15) is 0 Å². The molecule has 7 nitrogen and oxygen atoms in total. The number of hydrogen-bond acceptors (Lipinski definition) is 6. The summed E-state index contributed by atoms with van der Waals surface area (Å²) < 4.78 is 10.8. The molecule has 0 unspecified atom stereocenters. The molecule has 1 aliphatic heterocycles. The van der Waals surface area contributed by atoms with Crippen LogP contribution in [0.3, 0.4) is 0 Å². The van der Waals surface area contributed by atoms with Crippen LogP contribution >= 0.6 is 0 Å². The number of carbonyl (C=O) groups is 1. The van der Waals surface area contributed by atoms with Crippen molar-refractivity contribution in [2.24, 2.45) is 0 Å². The molecule has 1 saturated heterocycles. The maximum Gasteiger partial charge on any atom is 0.227 e. The molecule has 29 heavy (non-hydrogen) atoms. The van der Waals surface area contributed by atoms with Crippen LogP contribution in [-0.4, -0.2) is 52.0 Å². The number of aromatic nitrogens is 2. The predicted molar refractivity (Wildman–Crippen MR) is 108 cm³/mol. The third-order valence-corrected chi connectivity index (χ3v) is 5.41. The van der Waals surface area contributed by atoms with Crippen molar-refractivity contribution in [3.63, 3.8) is 0 Å². The molecule has 0 saturated carbocycles. The summed E-state index contributed by atoms with van der Waals surface area (Å²) in [5.74, 6) is 1.51. The quantitative estimate of drug-likeness (QED) is 0.661. The second-order valence-corrected chi connectivity index (χ2v) is 7.50. The van der Waals surface area contributed by atoms with E-state index in [4.69, 9.17) is 8.94 Å². The van der Waals surface area contributed by atoms with Crippen LogP contribution in [0.5, 0.6) is 0 Å². The van der Waals surface area contributed by atoms with Gasteiger partial charge in [0.1, 0.15) is 12.0 Å². The van der Waals surface area contributed by atoms with Gasteiger partial charge in [-0.1, -0.05) is 23.4 Å². The second kappa shape index (κ2) is 8.61. The zero-order valence-corrected chi connectivity index (χ0v) is 16.9. The Morgan fingerprint density at radius 2 is 1.93 bits per heavy atom. The molecule has 2 aromatic heterocycles. The molecule has 3 aromatic rings. The first-order valence-corrected chi connectivity index (χ1v) is 10.0. The fraction of sp³-hybridized carbons (Fsp3) is 0.409. The van der Waals surface area contributed by atoms with Crippen LogP contribution in [0.4, 0.5) is 0 Å². The van der Waals surface area contributed by atoms with Gasteiger partial charge in [-0.15, -0.1) is 0 Å². The zero-order chi connectivity index (χ0) is 20.2. The Kier molecular flexibility index (Phi) is 5.76. The highest BCUT2D eigenvalue weighted by atomic mass is 16.5. The molecule has 4 rings (SSSR count). The minimum atomic E-state index is 0.133. The number of rotatable bonds is 5. The van der Waals surface area contributed by atoms with Crippen molar-refractivity contribution in [1.29, 1.82) is 0 Å². The Morgan fingerprint density at radius 1 is 1.10 bits per heavy atom. The van der Waals surface area contributed by atoms with Crippen molar-refractivity contribution in [3.8, 4) is 11.5 Å². The van der Waals surface area contributed by atoms with Crippen molar-refractivity contribution >= 4 is 5.91 Å². The van der Waals surface area contributed by atoms with E-state index < -0.39 is 0 Å². The van der Waals surface area contributed by atoms with E-state index >= 15 is 0 Å². The number of carbonyl (C=O) groups excluding carboxylic acids is 1. The minimum absolute atomic E-state index is 0.133. The Bertz CT molecular complexity index is 944. The van der Waals surface area contributed by atoms with E-state index in [0.29, 0.717) is 18.9 Å². The Morgan fingerprint density at radius 3 is 2.69 bits per heavy atom. The summed E-state index contributed by atoms with van der Waals surface area (Å²) in [6, 6.07) is 9.90. The van der Waals surface area contributed by atoms with E-state index in [-0.39, 0.29) is 5.91 Å². The summed E-state index contributed by atoms with van der Waals surface area (Å²) in [6.45, 7) is 7.70. The molecule has 3 heterocycles. The van der Waals surface area contributed by atoms with Gasteiger partial charge >= 0.3 is 0 Å². The fourth-order valence-corrected chi connectivity index (χ4v) is 3.72. The number of amides is 1. The lowest BCUT2D eigenvalue weighted by Gasteiger charge is -2.21. The lowest BCUT2D eigenvalue weighted by atomic mass is 10.1. The van der Waals surface area contributed by atoms with Gasteiger partial charge in [0, 0.05) is 43.9 Å². The second-order valence-electron chi connectivity index (χ2n) is 7.50. The molecule has 7 heteroatoms. The Balaban J connectivity index is 1.33. The van der Waals surface area contributed by atoms with E-state index in [1.54, 1.807) is 6.26 Å². The van der Waals surface area contributed by atoms with Crippen LogP contribution in [0.15, 0.2) is 45.5 Å². The van der Waals surface area contributed by atoms with Crippen LogP contribution in [0.2, 0.25) is 0 Å². The van der Waals surface area contributed by atoms with Crippen molar-refractivity contribution in [1.82, 2.24) is 19.9 Å². The smallest absolute Gasteiger partial charge is 0.227 e. The van der Waals surface area contributed by atoms with Crippen LogP contribution in [0, 0.1) is 13.8 Å². The van der Waals surface area contributed by atoms with Gasteiger partial charge in [0.25, 0.3) is 0 Å². The normalized spacial score (nSPS) is 15.4. The average Bonchev–Trinajstić information content (AvgIpc) is 3.23. The average molecular weight is 394 g/mol. The summed E-state index contributed by atoms with van der Waals surface area (Å²) in [4.78, 5) is 21.7. The monoisotopic (exact) mass is 394 g/mol. The third kappa shape index (κ3) is 4.56. The molecule has 0 atom stereocenters. The topological polar surface area (TPSA) is 75.6 Å². The number of hydrogen-bond donors (Lipinski definition) is 0. The van der Waals surface area contributed by atoms with Gasteiger partial charge in [0.15, 0.2) is 0 Å². The van der Waals surface area contributed by atoms with E-state index in [1.807, 2.05) is 49.1 Å². The number of oxazole rings is 1. The van der Waals surface area contributed by atoms with Crippen LogP contribution in [-0.2, 0) is 17.8 Å². The highest BCUT2D eigenvalue weighted by Gasteiger charge is 2.22. The molecule has 1 aromatic carbocycles. The number of benzene rings is 1. The maximum absolute atomic E-state index is 12.8. The summed E-state index contributed by atoms with van der Waals surface area (Å²) in [6.07, 6.45) is 3.02. The highest BCUT2D eigenvalue weighted by molar-refractivity contribution is 5.79. The largest absolute Gasteiger partial charge is 0.444 e. The first-order valence-electron chi connectivity index (χ1n) is 10.0. The molecule has 0 N–H and O–H groups in total. The lowest BCUT2D eigenvalue weighted by molar-refractivity contribution is -0.130. The van der Waals surface area contributed by atoms with E-state index in [2.05, 4.69) is 15.0 Å². The van der Waals surface area contributed by atoms with Crippen molar-refractivity contribution in [2.45, 2.75) is 33.2 Å². The van der Waals surface area contributed by atoms with Gasteiger partial charge < -0.3 is 13.8 Å².